The lowest BCUT2D eigenvalue weighted by molar-refractivity contribution is 0.169. The number of hydrogen-bond donors (Lipinski definition) is 2. The van der Waals surface area contributed by atoms with E-state index in [1.165, 1.54) is 12.8 Å². The Bertz CT molecular complexity index is 257. The lowest BCUT2D eigenvalue weighted by Gasteiger charge is -2.11. The zero-order valence-electron chi connectivity index (χ0n) is 8.20. The van der Waals surface area contributed by atoms with Crippen molar-refractivity contribution in [3.63, 3.8) is 0 Å². The van der Waals surface area contributed by atoms with Crippen LogP contribution in [0.2, 0.25) is 0 Å². The van der Waals surface area contributed by atoms with E-state index in [0.29, 0.717) is 6.04 Å². The highest BCUT2D eigenvalue weighted by molar-refractivity contribution is 5.39. The van der Waals surface area contributed by atoms with Gasteiger partial charge in [-0.3, -0.25) is 10.3 Å². The number of benzene rings is 1. The first kappa shape index (κ1) is 9.49. The predicted molar refractivity (Wildman–Crippen MR) is 57.0 cm³/mol. The normalized spacial score (nSPS) is 21.0. The third-order valence-electron chi connectivity index (χ3n) is 2.41. The molecule has 0 saturated carbocycles. The molecule has 3 nitrogen and oxygen atoms in total. The first-order valence-corrected chi connectivity index (χ1v) is 5.11. The van der Waals surface area contributed by atoms with Crippen molar-refractivity contribution in [1.82, 2.24) is 5.32 Å². The molecule has 0 amide bonds. The summed E-state index contributed by atoms with van der Waals surface area (Å²) in [4.78, 5) is 5.39. The summed E-state index contributed by atoms with van der Waals surface area (Å²) in [6.45, 7) is 1.86. The first-order chi connectivity index (χ1) is 6.95. The van der Waals surface area contributed by atoms with Crippen LogP contribution in [-0.4, -0.2) is 19.2 Å². The van der Waals surface area contributed by atoms with Crippen LogP contribution in [0.15, 0.2) is 30.3 Å². The summed E-state index contributed by atoms with van der Waals surface area (Å²) in [5.74, 6) is 0. The van der Waals surface area contributed by atoms with E-state index in [4.69, 9.17) is 4.84 Å². The molecule has 1 aromatic rings. The molecule has 0 bridgehead atoms. The number of nitrogens with one attached hydrogen (secondary N) is 2. The molecule has 1 heterocycles. The predicted octanol–water partition coefficient (Wildman–Crippen LogP) is 1.78. The van der Waals surface area contributed by atoms with Crippen LogP contribution in [0.4, 0.5) is 5.69 Å². The Morgan fingerprint density at radius 1 is 1.36 bits per heavy atom. The summed E-state index contributed by atoms with van der Waals surface area (Å²) >= 11 is 0. The van der Waals surface area contributed by atoms with Crippen molar-refractivity contribution >= 4 is 5.69 Å². The van der Waals surface area contributed by atoms with Gasteiger partial charge in [-0.1, -0.05) is 18.2 Å². The Morgan fingerprint density at radius 2 is 2.21 bits per heavy atom. The minimum absolute atomic E-state index is 0.520. The van der Waals surface area contributed by atoms with E-state index in [1.54, 1.807) is 0 Å². The molecule has 1 aliphatic rings. The largest absolute Gasteiger partial charge is 0.312 e. The van der Waals surface area contributed by atoms with E-state index in [-0.39, 0.29) is 0 Å². The van der Waals surface area contributed by atoms with Crippen LogP contribution < -0.4 is 10.8 Å². The molecule has 0 aromatic heterocycles. The smallest absolute Gasteiger partial charge is 0.0899 e. The van der Waals surface area contributed by atoms with Crippen molar-refractivity contribution in [1.29, 1.82) is 0 Å². The highest BCUT2D eigenvalue weighted by Crippen LogP contribution is 2.07. The van der Waals surface area contributed by atoms with Crippen molar-refractivity contribution in [2.24, 2.45) is 0 Å². The standard InChI is InChI=1S/C11H16N2O/c1-2-5-10(6-3-1)13-14-9-11-7-4-8-12-11/h1-3,5-6,11-13H,4,7-9H2/t11-/m0/s1. The van der Waals surface area contributed by atoms with Gasteiger partial charge < -0.3 is 5.32 Å². The molecular formula is C11H16N2O. The zero-order chi connectivity index (χ0) is 9.64. The minimum Gasteiger partial charge on any atom is -0.312 e. The van der Waals surface area contributed by atoms with E-state index in [9.17, 15) is 0 Å². The van der Waals surface area contributed by atoms with Gasteiger partial charge in [-0.2, -0.15) is 0 Å². The number of para-hydroxylation sites is 1. The molecule has 0 aliphatic carbocycles. The first-order valence-electron chi connectivity index (χ1n) is 5.11. The maximum absolute atomic E-state index is 5.39. The fourth-order valence-corrected chi connectivity index (χ4v) is 1.63. The van der Waals surface area contributed by atoms with Crippen LogP contribution in [0.5, 0.6) is 0 Å². The van der Waals surface area contributed by atoms with Crippen molar-refractivity contribution in [2.75, 3.05) is 18.6 Å². The van der Waals surface area contributed by atoms with E-state index >= 15 is 0 Å². The molecule has 1 fully saturated rings. The molecule has 1 saturated heterocycles. The molecule has 14 heavy (non-hydrogen) atoms. The summed E-state index contributed by atoms with van der Waals surface area (Å²) < 4.78 is 0. The topological polar surface area (TPSA) is 33.3 Å². The molecule has 1 aromatic carbocycles. The van der Waals surface area contributed by atoms with Gasteiger partial charge in [-0.25, -0.2) is 0 Å². The maximum atomic E-state index is 5.39. The Hall–Kier alpha value is -1.06. The molecule has 2 N–H and O–H groups in total. The molecule has 76 valence electrons. The lowest BCUT2D eigenvalue weighted by atomic mass is 10.2. The van der Waals surface area contributed by atoms with Gasteiger partial charge in [0.1, 0.15) is 0 Å². The van der Waals surface area contributed by atoms with E-state index in [1.807, 2.05) is 30.3 Å². The van der Waals surface area contributed by atoms with Gasteiger partial charge in [0.15, 0.2) is 0 Å². The molecule has 0 spiro atoms. The zero-order valence-corrected chi connectivity index (χ0v) is 8.20. The average Bonchev–Trinajstić information content (AvgIpc) is 2.72. The van der Waals surface area contributed by atoms with Gasteiger partial charge in [0.2, 0.25) is 0 Å². The van der Waals surface area contributed by atoms with Gasteiger partial charge in [-0.15, -0.1) is 0 Å². The molecule has 2 rings (SSSR count). The third kappa shape index (κ3) is 2.72. The second-order valence-corrected chi connectivity index (χ2v) is 3.57. The molecule has 1 atom stereocenters. The van der Waals surface area contributed by atoms with Crippen molar-refractivity contribution in [3.8, 4) is 0 Å². The maximum Gasteiger partial charge on any atom is 0.0899 e. The minimum atomic E-state index is 0.520. The fourth-order valence-electron chi connectivity index (χ4n) is 1.63. The van der Waals surface area contributed by atoms with Gasteiger partial charge in [0.25, 0.3) is 0 Å². The Balaban J connectivity index is 1.67. The molecular weight excluding hydrogens is 176 g/mol. The SMILES string of the molecule is c1ccc(NOC[C@@H]2CCCN2)cc1. The highest BCUT2D eigenvalue weighted by atomic mass is 16.6. The van der Waals surface area contributed by atoms with Crippen molar-refractivity contribution in [3.05, 3.63) is 30.3 Å². The Morgan fingerprint density at radius 3 is 2.93 bits per heavy atom. The van der Waals surface area contributed by atoms with Crippen LogP contribution >= 0.6 is 0 Å². The Kier molecular flexibility index (Phi) is 3.38. The van der Waals surface area contributed by atoms with Gasteiger partial charge in [-0.05, 0) is 31.5 Å². The lowest BCUT2D eigenvalue weighted by Crippen LogP contribution is -2.27. The van der Waals surface area contributed by atoms with Crippen LogP contribution in [-0.2, 0) is 4.84 Å². The van der Waals surface area contributed by atoms with E-state index in [2.05, 4.69) is 10.8 Å². The summed E-state index contributed by atoms with van der Waals surface area (Å²) in [6.07, 6.45) is 2.48. The molecule has 0 unspecified atom stereocenters. The molecule has 0 radical (unpaired) electrons. The second kappa shape index (κ2) is 4.98. The van der Waals surface area contributed by atoms with Crippen molar-refractivity contribution in [2.45, 2.75) is 18.9 Å². The molecule has 3 heteroatoms. The summed E-state index contributed by atoms with van der Waals surface area (Å²) in [7, 11) is 0. The van der Waals surface area contributed by atoms with Gasteiger partial charge >= 0.3 is 0 Å². The van der Waals surface area contributed by atoms with Crippen LogP contribution in [0, 0.1) is 0 Å². The number of rotatable bonds is 4. The number of anilines is 1. The van der Waals surface area contributed by atoms with Crippen LogP contribution in [0.3, 0.4) is 0 Å². The van der Waals surface area contributed by atoms with Gasteiger partial charge in [0, 0.05) is 6.04 Å². The van der Waals surface area contributed by atoms with Gasteiger partial charge in [0.05, 0.1) is 12.3 Å². The van der Waals surface area contributed by atoms with Crippen molar-refractivity contribution < 1.29 is 4.84 Å². The summed E-state index contributed by atoms with van der Waals surface area (Å²) in [6, 6.07) is 10.5. The summed E-state index contributed by atoms with van der Waals surface area (Å²) in [5.41, 5.74) is 3.94. The van der Waals surface area contributed by atoms with Crippen LogP contribution in [0.1, 0.15) is 12.8 Å². The quantitative estimate of drug-likeness (QED) is 0.713. The van der Waals surface area contributed by atoms with E-state index in [0.717, 1.165) is 18.8 Å². The third-order valence-corrected chi connectivity index (χ3v) is 2.41. The van der Waals surface area contributed by atoms with Crippen LogP contribution in [0.25, 0.3) is 0 Å². The monoisotopic (exact) mass is 192 g/mol. The molecule has 1 aliphatic heterocycles. The fraction of sp³-hybridized carbons (Fsp3) is 0.455. The Labute approximate surface area is 84.4 Å². The average molecular weight is 192 g/mol. The summed E-state index contributed by atoms with van der Waals surface area (Å²) in [5, 5.41) is 3.38. The van der Waals surface area contributed by atoms with E-state index < -0.39 is 0 Å². The number of hydrogen-bond acceptors (Lipinski definition) is 3. The highest BCUT2D eigenvalue weighted by Gasteiger charge is 2.13. The second-order valence-electron chi connectivity index (χ2n) is 3.57.